The van der Waals surface area contributed by atoms with Crippen LogP contribution >= 0.6 is 11.3 Å². The van der Waals surface area contributed by atoms with Gasteiger partial charge in [0.25, 0.3) is 0 Å². The lowest BCUT2D eigenvalue weighted by atomic mass is 10.2. The van der Waals surface area contributed by atoms with Crippen LogP contribution in [0.1, 0.15) is 24.5 Å². The lowest BCUT2D eigenvalue weighted by Gasteiger charge is -2.35. The van der Waals surface area contributed by atoms with Gasteiger partial charge < -0.3 is 10.6 Å². The number of hydrogen-bond donors (Lipinski definition) is 1. The van der Waals surface area contributed by atoms with Gasteiger partial charge in [-0.2, -0.15) is 0 Å². The SMILES string of the molecule is CC(C)CN1CCN(Cc2csc(CN)n2)CC1. The quantitative estimate of drug-likeness (QED) is 0.876. The summed E-state index contributed by atoms with van der Waals surface area (Å²) < 4.78 is 0. The van der Waals surface area contributed by atoms with Gasteiger partial charge in [0.05, 0.1) is 5.69 Å². The van der Waals surface area contributed by atoms with Crippen molar-refractivity contribution in [3.63, 3.8) is 0 Å². The summed E-state index contributed by atoms with van der Waals surface area (Å²) in [6.07, 6.45) is 0. The van der Waals surface area contributed by atoms with Crippen molar-refractivity contribution < 1.29 is 0 Å². The van der Waals surface area contributed by atoms with Crippen LogP contribution in [0.3, 0.4) is 0 Å². The molecule has 2 rings (SSSR count). The van der Waals surface area contributed by atoms with E-state index in [4.69, 9.17) is 5.73 Å². The third-order valence-corrected chi connectivity index (χ3v) is 4.17. The fourth-order valence-corrected chi connectivity index (χ4v) is 3.06. The van der Waals surface area contributed by atoms with E-state index in [0.717, 1.165) is 30.6 Å². The molecule has 0 bridgehead atoms. The summed E-state index contributed by atoms with van der Waals surface area (Å²) in [5.41, 5.74) is 6.77. The molecule has 4 nitrogen and oxygen atoms in total. The highest BCUT2D eigenvalue weighted by molar-refractivity contribution is 7.09. The zero-order valence-corrected chi connectivity index (χ0v) is 12.2. The molecule has 102 valence electrons. The first-order chi connectivity index (χ1) is 8.67. The molecule has 18 heavy (non-hydrogen) atoms. The van der Waals surface area contributed by atoms with Gasteiger partial charge in [-0.15, -0.1) is 11.3 Å². The topological polar surface area (TPSA) is 45.4 Å². The van der Waals surface area contributed by atoms with Gasteiger partial charge in [-0.3, -0.25) is 4.90 Å². The van der Waals surface area contributed by atoms with Gasteiger partial charge in [0.15, 0.2) is 0 Å². The van der Waals surface area contributed by atoms with Crippen molar-refractivity contribution in [3.05, 3.63) is 16.1 Å². The zero-order valence-electron chi connectivity index (χ0n) is 11.4. The second-order valence-electron chi connectivity index (χ2n) is 5.41. The highest BCUT2D eigenvalue weighted by Gasteiger charge is 2.18. The minimum Gasteiger partial charge on any atom is -0.325 e. The zero-order chi connectivity index (χ0) is 13.0. The summed E-state index contributed by atoms with van der Waals surface area (Å²) in [4.78, 5) is 9.58. The summed E-state index contributed by atoms with van der Waals surface area (Å²) >= 11 is 1.67. The van der Waals surface area contributed by atoms with Crippen molar-refractivity contribution in [2.75, 3.05) is 32.7 Å². The standard InChI is InChI=1S/C13H24N4S/c1-11(2)8-16-3-5-17(6-4-16)9-12-10-18-13(7-14)15-12/h10-11H,3-9,14H2,1-2H3. The summed E-state index contributed by atoms with van der Waals surface area (Å²) in [7, 11) is 0. The van der Waals surface area contributed by atoms with Crippen LogP contribution in [0.5, 0.6) is 0 Å². The Morgan fingerprint density at radius 1 is 1.28 bits per heavy atom. The maximum Gasteiger partial charge on any atom is 0.106 e. The fourth-order valence-electron chi connectivity index (χ4n) is 2.39. The van der Waals surface area contributed by atoms with Crippen molar-refractivity contribution in [3.8, 4) is 0 Å². The molecule has 0 saturated carbocycles. The van der Waals surface area contributed by atoms with E-state index in [0.29, 0.717) is 6.54 Å². The molecule has 0 radical (unpaired) electrons. The molecule has 2 N–H and O–H groups in total. The summed E-state index contributed by atoms with van der Waals surface area (Å²) in [6, 6.07) is 0. The van der Waals surface area contributed by atoms with Gasteiger partial charge in [0, 0.05) is 51.2 Å². The average Bonchev–Trinajstić information content (AvgIpc) is 2.79. The number of aromatic nitrogens is 1. The Morgan fingerprint density at radius 2 is 1.94 bits per heavy atom. The highest BCUT2D eigenvalue weighted by atomic mass is 32.1. The normalized spacial score (nSPS) is 18.7. The lowest BCUT2D eigenvalue weighted by molar-refractivity contribution is 0.116. The Bertz CT molecular complexity index is 356. The molecule has 1 aliphatic heterocycles. The van der Waals surface area contributed by atoms with Crippen molar-refractivity contribution >= 4 is 11.3 Å². The molecule has 0 spiro atoms. The molecule has 0 atom stereocenters. The molecule has 1 aromatic heterocycles. The molecule has 1 aliphatic rings. The first-order valence-electron chi connectivity index (χ1n) is 6.75. The van der Waals surface area contributed by atoms with E-state index >= 15 is 0 Å². The van der Waals surface area contributed by atoms with E-state index in [-0.39, 0.29) is 0 Å². The van der Waals surface area contributed by atoms with E-state index in [9.17, 15) is 0 Å². The van der Waals surface area contributed by atoms with Crippen molar-refractivity contribution in [2.24, 2.45) is 11.7 Å². The monoisotopic (exact) mass is 268 g/mol. The largest absolute Gasteiger partial charge is 0.325 e. The van der Waals surface area contributed by atoms with E-state index in [1.807, 2.05) is 0 Å². The predicted octanol–water partition coefficient (Wildman–Crippen LogP) is 1.38. The highest BCUT2D eigenvalue weighted by Crippen LogP contribution is 2.13. The maximum absolute atomic E-state index is 5.59. The van der Waals surface area contributed by atoms with Crippen LogP contribution < -0.4 is 5.73 Å². The van der Waals surface area contributed by atoms with E-state index in [1.54, 1.807) is 11.3 Å². The van der Waals surface area contributed by atoms with Gasteiger partial charge in [-0.1, -0.05) is 13.8 Å². The molecular formula is C13H24N4S. The van der Waals surface area contributed by atoms with Crippen LogP contribution in [0.4, 0.5) is 0 Å². The summed E-state index contributed by atoms with van der Waals surface area (Å²) in [6.45, 7) is 12.0. The molecule has 1 fully saturated rings. The molecule has 1 saturated heterocycles. The van der Waals surface area contributed by atoms with Crippen molar-refractivity contribution in [1.82, 2.24) is 14.8 Å². The number of hydrogen-bond acceptors (Lipinski definition) is 5. The number of rotatable bonds is 5. The molecule has 0 amide bonds. The smallest absolute Gasteiger partial charge is 0.106 e. The third-order valence-electron chi connectivity index (χ3n) is 3.25. The predicted molar refractivity (Wildman–Crippen MR) is 76.6 cm³/mol. The van der Waals surface area contributed by atoms with Gasteiger partial charge in [0.1, 0.15) is 5.01 Å². The third kappa shape index (κ3) is 4.02. The molecule has 1 aromatic rings. The Balaban J connectivity index is 1.76. The second-order valence-corrected chi connectivity index (χ2v) is 6.35. The van der Waals surface area contributed by atoms with Crippen molar-refractivity contribution in [1.29, 1.82) is 0 Å². The maximum atomic E-state index is 5.59. The minimum atomic E-state index is 0.562. The molecule has 2 heterocycles. The minimum absolute atomic E-state index is 0.562. The molecule has 0 aliphatic carbocycles. The van der Waals surface area contributed by atoms with Crippen LogP contribution in [0.2, 0.25) is 0 Å². The van der Waals surface area contributed by atoms with E-state index in [1.165, 1.54) is 25.3 Å². The number of piperazine rings is 1. The first-order valence-corrected chi connectivity index (χ1v) is 7.63. The molecule has 0 aromatic carbocycles. The van der Waals surface area contributed by atoms with Crippen LogP contribution in [0.15, 0.2) is 5.38 Å². The van der Waals surface area contributed by atoms with Gasteiger partial charge >= 0.3 is 0 Å². The summed E-state index contributed by atoms with van der Waals surface area (Å²) in [5.74, 6) is 0.766. The van der Waals surface area contributed by atoms with Gasteiger partial charge in [-0.05, 0) is 5.92 Å². The van der Waals surface area contributed by atoms with Crippen LogP contribution in [0.25, 0.3) is 0 Å². The second kappa shape index (κ2) is 6.61. The van der Waals surface area contributed by atoms with E-state index < -0.39 is 0 Å². The number of thiazole rings is 1. The fraction of sp³-hybridized carbons (Fsp3) is 0.769. The molecular weight excluding hydrogens is 244 g/mol. The van der Waals surface area contributed by atoms with E-state index in [2.05, 4.69) is 34.0 Å². The van der Waals surface area contributed by atoms with Crippen molar-refractivity contribution in [2.45, 2.75) is 26.9 Å². The lowest BCUT2D eigenvalue weighted by Crippen LogP contribution is -2.46. The average molecular weight is 268 g/mol. The van der Waals surface area contributed by atoms with Gasteiger partial charge in [0.2, 0.25) is 0 Å². The Labute approximate surface area is 114 Å². The summed E-state index contributed by atoms with van der Waals surface area (Å²) in [5, 5.41) is 3.19. The molecule has 0 unspecified atom stereocenters. The number of nitrogens with two attached hydrogens (primary N) is 1. The van der Waals surface area contributed by atoms with Crippen LogP contribution in [-0.2, 0) is 13.1 Å². The Morgan fingerprint density at radius 3 is 2.50 bits per heavy atom. The number of nitrogens with zero attached hydrogens (tertiary/aromatic N) is 3. The molecule has 5 heteroatoms. The first kappa shape index (κ1) is 13.9. The van der Waals surface area contributed by atoms with Crippen LogP contribution in [0, 0.1) is 5.92 Å². The Hall–Kier alpha value is -0.490. The Kier molecular flexibility index (Phi) is 5.12. The van der Waals surface area contributed by atoms with Gasteiger partial charge in [-0.25, -0.2) is 4.98 Å². The van der Waals surface area contributed by atoms with Crippen LogP contribution in [-0.4, -0.2) is 47.5 Å².